The van der Waals surface area contributed by atoms with Crippen LogP contribution in [-0.2, 0) is 0 Å². The second-order valence-corrected chi connectivity index (χ2v) is 5.22. The van der Waals surface area contributed by atoms with Gasteiger partial charge in [-0.2, -0.15) is 0 Å². The van der Waals surface area contributed by atoms with Crippen LogP contribution in [-0.4, -0.2) is 23.0 Å². The van der Waals surface area contributed by atoms with Crippen LogP contribution in [0, 0.1) is 6.92 Å². The second-order valence-electron chi connectivity index (χ2n) is 5.22. The van der Waals surface area contributed by atoms with Crippen molar-refractivity contribution in [1.29, 1.82) is 0 Å². The highest BCUT2D eigenvalue weighted by atomic mass is 16.5. The van der Waals surface area contributed by atoms with Crippen molar-refractivity contribution in [2.45, 2.75) is 6.92 Å². The number of primary amides is 1. The molecule has 0 bridgehead atoms. The van der Waals surface area contributed by atoms with E-state index in [1.807, 2.05) is 43.3 Å². The van der Waals surface area contributed by atoms with Gasteiger partial charge >= 0.3 is 0 Å². The van der Waals surface area contributed by atoms with E-state index in [0.717, 1.165) is 34.1 Å². The van der Waals surface area contributed by atoms with Gasteiger partial charge in [0.25, 0.3) is 0 Å². The van der Waals surface area contributed by atoms with Gasteiger partial charge in [0.1, 0.15) is 11.6 Å². The number of rotatable bonds is 4. The van der Waals surface area contributed by atoms with E-state index in [2.05, 4.69) is 9.97 Å². The van der Waals surface area contributed by atoms with E-state index < -0.39 is 5.91 Å². The summed E-state index contributed by atoms with van der Waals surface area (Å²) in [7, 11) is 1.64. The van der Waals surface area contributed by atoms with Gasteiger partial charge in [0.15, 0.2) is 0 Å². The molecule has 0 radical (unpaired) electrons. The fourth-order valence-electron chi connectivity index (χ4n) is 2.46. The zero-order chi connectivity index (χ0) is 16.4. The van der Waals surface area contributed by atoms with Crippen LogP contribution in [0.3, 0.4) is 0 Å². The van der Waals surface area contributed by atoms with Crippen LogP contribution in [0.4, 0.5) is 0 Å². The van der Waals surface area contributed by atoms with Crippen LogP contribution in [0.15, 0.2) is 48.5 Å². The van der Waals surface area contributed by atoms with Gasteiger partial charge in [-0.15, -0.1) is 0 Å². The number of hydrogen-bond donors (Lipinski definition) is 2. The number of amides is 1. The van der Waals surface area contributed by atoms with Crippen LogP contribution in [0.5, 0.6) is 5.75 Å². The van der Waals surface area contributed by atoms with Crippen LogP contribution in [0.1, 0.15) is 16.2 Å². The quantitative estimate of drug-likeness (QED) is 0.777. The Labute approximate surface area is 134 Å². The molecule has 116 valence electrons. The second kappa shape index (κ2) is 5.96. The van der Waals surface area contributed by atoms with Crippen molar-refractivity contribution >= 4 is 5.91 Å². The molecule has 5 nitrogen and oxygen atoms in total. The smallest absolute Gasteiger partial charge is 0.248 e. The summed E-state index contributed by atoms with van der Waals surface area (Å²) in [6, 6.07) is 14.9. The molecule has 2 aromatic carbocycles. The number of hydrogen-bond acceptors (Lipinski definition) is 3. The minimum atomic E-state index is -0.440. The minimum Gasteiger partial charge on any atom is -0.497 e. The molecular formula is C18H17N3O2. The highest BCUT2D eigenvalue weighted by Crippen LogP contribution is 2.31. The average Bonchev–Trinajstić information content (AvgIpc) is 2.97. The Bertz CT molecular complexity index is 834. The van der Waals surface area contributed by atoms with Crippen molar-refractivity contribution in [3.05, 3.63) is 59.9 Å². The first-order valence-corrected chi connectivity index (χ1v) is 7.20. The van der Waals surface area contributed by atoms with Crippen molar-refractivity contribution in [1.82, 2.24) is 9.97 Å². The van der Waals surface area contributed by atoms with E-state index in [4.69, 9.17) is 10.5 Å². The largest absolute Gasteiger partial charge is 0.497 e. The monoisotopic (exact) mass is 307 g/mol. The summed E-state index contributed by atoms with van der Waals surface area (Å²) in [5.41, 5.74) is 9.46. The maximum Gasteiger partial charge on any atom is 0.248 e. The van der Waals surface area contributed by atoms with Crippen LogP contribution >= 0.6 is 0 Å². The maximum atomic E-state index is 11.2. The molecule has 3 N–H and O–H groups in total. The zero-order valence-electron chi connectivity index (χ0n) is 13.0. The molecule has 3 aromatic rings. The molecule has 1 amide bonds. The van der Waals surface area contributed by atoms with E-state index in [1.165, 1.54) is 0 Å². The van der Waals surface area contributed by atoms with Gasteiger partial charge in [-0.25, -0.2) is 4.98 Å². The van der Waals surface area contributed by atoms with Crippen molar-refractivity contribution in [3.63, 3.8) is 0 Å². The molecule has 0 saturated heterocycles. The fourth-order valence-corrected chi connectivity index (χ4v) is 2.46. The number of carbonyl (C=O) groups excluding carboxylic acids is 1. The number of aryl methyl sites for hydroxylation is 1. The van der Waals surface area contributed by atoms with Crippen molar-refractivity contribution < 1.29 is 9.53 Å². The first-order valence-electron chi connectivity index (χ1n) is 7.20. The van der Waals surface area contributed by atoms with Gasteiger partial charge in [0.2, 0.25) is 5.91 Å². The van der Waals surface area contributed by atoms with E-state index in [0.29, 0.717) is 5.56 Å². The Morgan fingerprint density at radius 1 is 1.04 bits per heavy atom. The lowest BCUT2D eigenvalue weighted by Crippen LogP contribution is -2.10. The summed E-state index contributed by atoms with van der Waals surface area (Å²) in [5, 5.41) is 0. The Kier molecular flexibility index (Phi) is 3.85. The molecule has 0 aliphatic heterocycles. The third kappa shape index (κ3) is 2.94. The highest BCUT2D eigenvalue weighted by molar-refractivity contribution is 5.93. The molecule has 5 heteroatoms. The highest BCUT2D eigenvalue weighted by Gasteiger charge is 2.13. The summed E-state index contributed by atoms with van der Waals surface area (Å²) in [5.74, 6) is 1.19. The molecule has 0 spiro atoms. The first-order chi connectivity index (χ1) is 11.1. The molecular weight excluding hydrogens is 290 g/mol. The van der Waals surface area contributed by atoms with Crippen LogP contribution in [0.2, 0.25) is 0 Å². The number of aromatic amines is 1. The van der Waals surface area contributed by atoms with Crippen LogP contribution < -0.4 is 10.5 Å². The van der Waals surface area contributed by atoms with Crippen molar-refractivity contribution in [2.24, 2.45) is 5.73 Å². The molecule has 0 fully saturated rings. The minimum absolute atomic E-state index is 0.440. The van der Waals surface area contributed by atoms with E-state index in [9.17, 15) is 4.79 Å². The van der Waals surface area contributed by atoms with Gasteiger partial charge in [-0.3, -0.25) is 4.79 Å². The van der Waals surface area contributed by atoms with E-state index in [-0.39, 0.29) is 0 Å². The Hall–Kier alpha value is -3.08. The standard InChI is InChI=1S/C18H17N3O2/c1-11-20-16(12-3-5-14(6-4-12)18(19)22)17(21-11)13-7-9-15(23-2)10-8-13/h3-10H,1-2H3,(H2,19,22)(H,20,21). The number of ether oxygens (including phenoxy) is 1. The number of imidazole rings is 1. The molecule has 0 aliphatic rings. The number of H-pyrrole nitrogens is 1. The summed E-state index contributed by atoms with van der Waals surface area (Å²) in [4.78, 5) is 19.1. The van der Waals surface area contributed by atoms with Crippen LogP contribution in [0.25, 0.3) is 22.5 Å². The lowest BCUT2D eigenvalue weighted by atomic mass is 10.0. The lowest BCUT2D eigenvalue weighted by molar-refractivity contribution is 0.100. The molecule has 1 heterocycles. The summed E-state index contributed by atoms with van der Waals surface area (Å²) < 4.78 is 5.19. The van der Waals surface area contributed by atoms with E-state index >= 15 is 0 Å². The van der Waals surface area contributed by atoms with Gasteiger partial charge in [-0.1, -0.05) is 12.1 Å². The normalized spacial score (nSPS) is 10.5. The predicted molar refractivity (Wildman–Crippen MR) is 89.3 cm³/mol. The molecule has 23 heavy (non-hydrogen) atoms. The Morgan fingerprint density at radius 3 is 2.22 bits per heavy atom. The summed E-state index contributed by atoms with van der Waals surface area (Å²) in [6.07, 6.45) is 0. The predicted octanol–water partition coefficient (Wildman–Crippen LogP) is 3.16. The van der Waals surface area contributed by atoms with Crippen molar-refractivity contribution in [3.8, 4) is 28.3 Å². The number of aromatic nitrogens is 2. The number of methoxy groups -OCH3 is 1. The Balaban J connectivity index is 2.04. The number of benzene rings is 2. The summed E-state index contributed by atoms with van der Waals surface area (Å²) >= 11 is 0. The third-order valence-electron chi connectivity index (χ3n) is 3.64. The van der Waals surface area contributed by atoms with E-state index in [1.54, 1.807) is 19.2 Å². The average molecular weight is 307 g/mol. The topological polar surface area (TPSA) is 81.0 Å². The summed E-state index contributed by atoms with van der Waals surface area (Å²) in [6.45, 7) is 1.91. The first kappa shape index (κ1) is 14.8. The SMILES string of the molecule is COc1ccc(-c2[nH]c(C)nc2-c2ccc(C(N)=O)cc2)cc1. The molecule has 0 saturated carbocycles. The molecule has 0 unspecified atom stereocenters. The van der Waals surface area contributed by atoms with Crippen molar-refractivity contribution in [2.75, 3.05) is 7.11 Å². The van der Waals surface area contributed by atoms with Gasteiger partial charge in [0, 0.05) is 16.7 Å². The maximum absolute atomic E-state index is 11.2. The number of nitrogens with two attached hydrogens (primary N) is 1. The number of carbonyl (C=O) groups is 1. The lowest BCUT2D eigenvalue weighted by Gasteiger charge is -2.05. The van der Waals surface area contributed by atoms with Gasteiger partial charge in [-0.05, 0) is 43.3 Å². The number of nitrogens with one attached hydrogen (secondary N) is 1. The zero-order valence-corrected chi connectivity index (χ0v) is 13.0. The molecule has 0 aliphatic carbocycles. The molecule has 1 aromatic heterocycles. The Morgan fingerprint density at radius 2 is 1.65 bits per heavy atom. The third-order valence-corrected chi connectivity index (χ3v) is 3.64. The number of nitrogens with zero attached hydrogens (tertiary/aromatic N) is 1. The molecule has 3 rings (SSSR count). The van der Waals surface area contributed by atoms with Gasteiger partial charge < -0.3 is 15.5 Å². The fraction of sp³-hybridized carbons (Fsp3) is 0.111. The van der Waals surface area contributed by atoms with Gasteiger partial charge in [0.05, 0.1) is 18.5 Å². The molecule has 0 atom stereocenters.